The highest BCUT2D eigenvalue weighted by Crippen LogP contribution is 2.31. The number of hydrogen-bond acceptors (Lipinski definition) is 6. The number of carbonyl (C=O) groups is 2. The number of benzene rings is 2. The molecule has 2 aliphatic rings. The summed E-state index contributed by atoms with van der Waals surface area (Å²) in [4.78, 5) is 34.7. The zero-order chi connectivity index (χ0) is 25.3. The zero-order valence-corrected chi connectivity index (χ0v) is 19.4. The highest BCUT2D eigenvalue weighted by atomic mass is 19.4. The fourth-order valence-electron chi connectivity index (χ4n) is 4.46. The Bertz CT molecular complexity index is 1250. The Hall–Kier alpha value is -3.73. The molecule has 0 bridgehead atoms. The van der Waals surface area contributed by atoms with Crippen LogP contribution in [0.1, 0.15) is 34.7 Å². The third-order valence-electron chi connectivity index (χ3n) is 6.43. The van der Waals surface area contributed by atoms with E-state index >= 15 is 0 Å². The molecule has 1 aromatic heterocycles. The first-order valence-electron chi connectivity index (χ1n) is 11.7. The molecule has 5 rings (SSSR count). The van der Waals surface area contributed by atoms with Gasteiger partial charge in [0.05, 0.1) is 12.1 Å². The van der Waals surface area contributed by atoms with Gasteiger partial charge in [-0.3, -0.25) is 14.5 Å². The minimum Gasteiger partial charge on any atom is -0.338 e. The minimum absolute atomic E-state index is 0.0708. The maximum Gasteiger partial charge on any atom is 0.416 e. The SMILES string of the molecule is O=C(c1ccc(N2CCCC2=O)cc1)N1CCN(Cc2nc(-c3cccc(C(F)(F)F)c3)no2)CC1. The third kappa shape index (κ3) is 5.11. The number of rotatable bonds is 5. The number of carbonyl (C=O) groups excluding carboxylic acids is 2. The first-order chi connectivity index (χ1) is 17.3. The van der Waals surface area contributed by atoms with Crippen molar-refractivity contribution < 1.29 is 27.3 Å². The second-order valence-electron chi connectivity index (χ2n) is 8.85. The summed E-state index contributed by atoms with van der Waals surface area (Å²) in [5.74, 6) is 0.435. The molecule has 2 saturated heterocycles. The molecule has 2 fully saturated rings. The maximum atomic E-state index is 13.0. The molecule has 3 aromatic rings. The lowest BCUT2D eigenvalue weighted by atomic mass is 10.1. The van der Waals surface area contributed by atoms with Gasteiger partial charge in [0.15, 0.2) is 0 Å². The average molecular weight is 499 g/mol. The second-order valence-corrected chi connectivity index (χ2v) is 8.85. The maximum absolute atomic E-state index is 13.0. The molecule has 2 aromatic carbocycles. The minimum atomic E-state index is -4.45. The van der Waals surface area contributed by atoms with E-state index < -0.39 is 11.7 Å². The highest BCUT2D eigenvalue weighted by Gasteiger charge is 2.31. The van der Waals surface area contributed by atoms with Crippen molar-refractivity contribution in [2.75, 3.05) is 37.6 Å². The van der Waals surface area contributed by atoms with Crippen molar-refractivity contribution in [1.82, 2.24) is 19.9 Å². The fourth-order valence-corrected chi connectivity index (χ4v) is 4.46. The Kier molecular flexibility index (Phi) is 6.48. The van der Waals surface area contributed by atoms with E-state index in [9.17, 15) is 22.8 Å². The first kappa shape index (κ1) is 24.0. The third-order valence-corrected chi connectivity index (χ3v) is 6.43. The van der Waals surface area contributed by atoms with Gasteiger partial charge in [-0.2, -0.15) is 18.2 Å². The number of alkyl halides is 3. The van der Waals surface area contributed by atoms with Crippen LogP contribution in [0.15, 0.2) is 53.1 Å². The molecule has 11 heteroatoms. The van der Waals surface area contributed by atoms with Crippen LogP contribution in [-0.4, -0.2) is 64.5 Å². The van der Waals surface area contributed by atoms with Gasteiger partial charge in [0, 0.05) is 56.0 Å². The van der Waals surface area contributed by atoms with E-state index in [1.165, 1.54) is 12.1 Å². The number of aromatic nitrogens is 2. The van der Waals surface area contributed by atoms with Crippen LogP contribution in [0.3, 0.4) is 0 Å². The number of nitrogens with zero attached hydrogens (tertiary/aromatic N) is 5. The Balaban J connectivity index is 1.15. The fraction of sp³-hybridized carbons (Fsp3) is 0.360. The Morgan fingerprint density at radius 2 is 1.75 bits per heavy atom. The summed E-state index contributed by atoms with van der Waals surface area (Å²) in [5.41, 5.74) is 0.839. The summed E-state index contributed by atoms with van der Waals surface area (Å²) < 4.78 is 44.2. The normalized spacial score (nSPS) is 17.1. The first-order valence-corrected chi connectivity index (χ1v) is 11.7. The van der Waals surface area contributed by atoms with Crippen molar-refractivity contribution in [3.05, 3.63) is 65.5 Å². The predicted octanol–water partition coefficient (Wildman–Crippen LogP) is 3.84. The number of anilines is 1. The van der Waals surface area contributed by atoms with Crippen molar-refractivity contribution in [3.63, 3.8) is 0 Å². The molecule has 3 heterocycles. The van der Waals surface area contributed by atoms with E-state index in [4.69, 9.17) is 4.52 Å². The summed E-state index contributed by atoms with van der Waals surface area (Å²) in [5, 5.41) is 3.83. The van der Waals surface area contributed by atoms with Gasteiger partial charge in [0.25, 0.3) is 5.91 Å². The van der Waals surface area contributed by atoms with Crippen LogP contribution >= 0.6 is 0 Å². The summed E-state index contributed by atoms with van der Waals surface area (Å²) in [6.45, 7) is 3.25. The van der Waals surface area contributed by atoms with E-state index in [1.54, 1.807) is 21.9 Å². The molecule has 2 aliphatic heterocycles. The largest absolute Gasteiger partial charge is 0.416 e. The van der Waals surface area contributed by atoms with Crippen LogP contribution in [0.4, 0.5) is 18.9 Å². The summed E-state index contributed by atoms with van der Waals surface area (Å²) in [7, 11) is 0. The number of hydrogen-bond donors (Lipinski definition) is 0. The van der Waals surface area contributed by atoms with Crippen molar-refractivity contribution in [3.8, 4) is 11.4 Å². The lowest BCUT2D eigenvalue weighted by Crippen LogP contribution is -2.48. The van der Waals surface area contributed by atoms with Gasteiger partial charge >= 0.3 is 6.18 Å². The molecule has 0 unspecified atom stereocenters. The quantitative estimate of drug-likeness (QED) is 0.531. The van der Waals surface area contributed by atoms with E-state index in [1.807, 2.05) is 12.1 Å². The summed E-state index contributed by atoms with van der Waals surface area (Å²) in [6, 6.07) is 11.9. The van der Waals surface area contributed by atoms with E-state index in [2.05, 4.69) is 15.0 Å². The summed E-state index contributed by atoms with van der Waals surface area (Å²) in [6.07, 6.45) is -3.05. The van der Waals surface area contributed by atoms with Crippen LogP contribution in [0.5, 0.6) is 0 Å². The second kappa shape index (κ2) is 9.73. The number of piperazine rings is 1. The van der Waals surface area contributed by atoms with Crippen LogP contribution in [0.25, 0.3) is 11.4 Å². The Labute approximate surface area is 205 Å². The van der Waals surface area contributed by atoms with Gasteiger partial charge in [-0.15, -0.1) is 0 Å². The Morgan fingerprint density at radius 1 is 1.00 bits per heavy atom. The lowest BCUT2D eigenvalue weighted by molar-refractivity contribution is -0.137. The molecule has 0 atom stereocenters. The molecule has 188 valence electrons. The average Bonchev–Trinajstić information content (AvgIpc) is 3.53. The smallest absolute Gasteiger partial charge is 0.338 e. The van der Waals surface area contributed by atoms with Gasteiger partial charge in [0.1, 0.15) is 0 Å². The molecule has 0 radical (unpaired) electrons. The molecular formula is C25H24F3N5O3. The number of amides is 2. The van der Waals surface area contributed by atoms with Gasteiger partial charge in [-0.05, 0) is 42.8 Å². The molecule has 0 saturated carbocycles. The molecule has 2 amide bonds. The van der Waals surface area contributed by atoms with Crippen molar-refractivity contribution >= 4 is 17.5 Å². The summed E-state index contributed by atoms with van der Waals surface area (Å²) >= 11 is 0. The molecule has 8 nitrogen and oxygen atoms in total. The molecule has 36 heavy (non-hydrogen) atoms. The van der Waals surface area contributed by atoms with Crippen LogP contribution in [0, 0.1) is 0 Å². The van der Waals surface area contributed by atoms with Crippen molar-refractivity contribution in [1.29, 1.82) is 0 Å². The van der Waals surface area contributed by atoms with Gasteiger partial charge in [-0.1, -0.05) is 17.3 Å². The van der Waals surface area contributed by atoms with Gasteiger partial charge in [0.2, 0.25) is 17.6 Å². The van der Waals surface area contributed by atoms with Crippen LogP contribution < -0.4 is 4.90 Å². The predicted molar refractivity (Wildman–Crippen MR) is 124 cm³/mol. The van der Waals surface area contributed by atoms with Crippen LogP contribution in [-0.2, 0) is 17.5 Å². The highest BCUT2D eigenvalue weighted by molar-refractivity contribution is 5.97. The topological polar surface area (TPSA) is 82.8 Å². The van der Waals surface area contributed by atoms with E-state index in [-0.39, 0.29) is 23.2 Å². The zero-order valence-electron chi connectivity index (χ0n) is 19.4. The Morgan fingerprint density at radius 3 is 2.42 bits per heavy atom. The molecular weight excluding hydrogens is 475 g/mol. The molecule has 0 N–H and O–H groups in total. The van der Waals surface area contributed by atoms with E-state index in [0.717, 1.165) is 24.2 Å². The van der Waals surface area contributed by atoms with Gasteiger partial charge < -0.3 is 14.3 Å². The molecule has 0 aliphatic carbocycles. The monoisotopic (exact) mass is 499 g/mol. The van der Waals surface area contributed by atoms with Crippen molar-refractivity contribution in [2.45, 2.75) is 25.6 Å². The van der Waals surface area contributed by atoms with Gasteiger partial charge in [-0.25, -0.2) is 0 Å². The van der Waals surface area contributed by atoms with Crippen LogP contribution in [0.2, 0.25) is 0 Å². The standard InChI is InChI=1S/C25H24F3N5O3/c26-25(27,28)19-4-1-3-18(15-19)23-29-21(36-30-23)16-31-11-13-32(14-12-31)24(35)17-6-8-20(9-7-17)33-10-2-5-22(33)34/h1,3-4,6-9,15H,2,5,10-14,16H2. The lowest BCUT2D eigenvalue weighted by Gasteiger charge is -2.34. The molecule has 0 spiro atoms. The number of halogens is 3. The van der Waals surface area contributed by atoms with Crippen molar-refractivity contribution in [2.24, 2.45) is 0 Å². The van der Waals surface area contributed by atoms with E-state index in [0.29, 0.717) is 57.1 Å².